The van der Waals surface area contributed by atoms with Gasteiger partial charge < -0.3 is 15.4 Å². The summed E-state index contributed by atoms with van der Waals surface area (Å²) in [4.78, 5) is 23.9. The Bertz CT molecular complexity index is 900. The Morgan fingerprint density at radius 2 is 1.11 bits per heavy atom. The van der Waals surface area contributed by atoms with Gasteiger partial charge in [-0.3, -0.25) is 9.59 Å². The smallest absolute Gasteiger partial charge is 0.234 e. The second-order valence-electron chi connectivity index (χ2n) is 5.89. The fourth-order valence-electron chi connectivity index (χ4n) is 2.38. The molecule has 6 heteroatoms. The highest BCUT2D eigenvalue weighted by molar-refractivity contribution is 8.00. The summed E-state index contributed by atoms with van der Waals surface area (Å²) in [6.07, 6.45) is 0. The molecule has 0 atom stereocenters. The summed E-state index contributed by atoms with van der Waals surface area (Å²) in [6.45, 7) is 0. The first kappa shape index (κ1) is 19.5. The minimum atomic E-state index is -0.158. The van der Waals surface area contributed by atoms with Gasteiger partial charge in [-0.1, -0.05) is 36.4 Å². The minimum absolute atomic E-state index is 0.133. The van der Waals surface area contributed by atoms with Crippen LogP contribution in [-0.2, 0) is 9.59 Å². The van der Waals surface area contributed by atoms with E-state index in [1.165, 1.54) is 11.8 Å². The summed E-state index contributed by atoms with van der Waals surface area (Å²) < 4.78 is 5.72. The average Bonchev–Trinajstić information content (AvgIpc) is 2.71. The summed E-state index contributed by atoms with van der Waals surface area (Å²) in [5.41, 5.74) is 1.43. The first-order valence-electron chi connectivity index (χ1n) is 8.74. The van der Waals surface area contributed by atoms with E-state index in [4.69, 9.17) is 4.74 Å². The average molecular weight is 392 g/mol. The molecule has 0 aliphatic rings. The van der Waals surface area contributed by atoms with Gasteiger partial charge >= 0.3 is 0 Å². The van der Waals surface area contributed by atoms with E-state index in [0.717, 1.165) is 11.4 Å². The van der Waals surface area contributed by atoms with E-state index in [1.807, 2.05) is 60.7 Å². The third-order valence-electron chi connectivity index (χ3n) is 3.64. The first-order chi connectivity index (χ1) is 13.7. The molecule has 0 unspecified atom stereocenters. The molecule has 2 N–H and O–H groups in total. The maximum absolute atomic E-state index is 12.0. The Labute approximate surface area is 168 Å². The van der Waals surface area contributed by atoms with Crippen LogP contribution in [0.1, 0.15) is 0 Å². The van der Waals surface area contributed by atoms with Crippen molar-refractivity contribution in [2.24, 2.45) is 0 Å². The number of hydrogen-bond acceptors (Lipinski definition) is 4. The topological polar surface area (TPSA) is 67.4 Å². The van der Waals surface area contributed by atoms with E-state index < -0.39 is 0 Å². The molecular formula is C22H20N2O3S. The molecule has 142 valence electrons. The molecular weight excluding hydrogens is 372 g/mol. The number of ether oxygens (including phenoxy) is 1. The highest BCUT2D eigenvalue weighted by Gasteiger charge is 2.07. The standard InChI is InChI=1S/C22H20N2O3S/c25-21(23-17-7-3-1-4-8-17)15-28-16-22(26)24-18-11-13-20(14-12-18)27-19-9-5-2-6-10-19/h1-14H,15-16H2,(H,23,25)(H,24,26). The lowest BCUT2D eigenvalue weighted by Crippen LogP contribution is -2.18. The molecule has 2 amide bonds. The van der Waals surface area contributed by atoms with Gasteiger partial charge in [0.1, 0.15) is 11.5 Å². The van der Waals surface area contributed by atoms with Gasteiger partial charge in [0.05, 0.1) is 11.5 Å². The van der Waals surface area contributed by atoms with Gasteiger partial charge in [0.15, 0.2) is 0 Å². The Kier molecular flexibility index (Phi) is 7.09. The zero-order valence-electron chi connectivity index (χ0n) is 15.1. The van der Waals surface area contributed by atoms with Crippen molar-refractivity contribution in [1.82, 2.24) is 0 Å². The van der Waals surface area contributed by atoms with Crippen molar-refractivity contribution in [1.29, 1.82) is 0 Å². The van der Waals surface area contributed by atoms with Crippen molar-refractivity contribution >= 4 is 35.0 Å². The number of nitrogens with one attached hydrogen (secondary N) is 2. The molecule has 0 aliphatic heterocycles. The van der Waals surface area contributed by atoms with Crippen LogP contribution >= 0.6 is 11.8 Å². The van der Waals surface area contributed by atoms with Crippen molar-refractivity contribution < 1.29 is 14.3 Å². The molecule has 3 aromatic rings. The molecule has 0 spiro atoms. The lowest BCUT2D eigenvalue weighted by atomic mass is 10.3. The number of hydrogen-bond donors (Lipinski definition) is 2. The second kappa shape index (κ2) is 10.2. The van der Waals surface area contributed by atoms with Gasteiger partial charge in [0.25, 0.3) is 0 Å². The molecule has 0 heterocycles. The highest BCUT2D eigenvalue weighted by Crippen LogP contribution is 2.22. The highest BCUT2D eigenvalue weighted by atomic mass is 32.2. The van der Waals surface area contributed by atoms with Gasteiger partial charge in [-0.25, -0.2) is 0 Å². The lowest BCUT2D eigenvalue weighted by molar-refractivity contribution is -0.114. The van der Waals surface area contributed by atoms with Crippen molar-refractivity contribution in [3.8, 4) is 11.5 Å². The number of carbonyl (C=O) groups is 2. The largest absolute Gasteiger partial charge is 0.457 e. The molecule has 5 nitrogen and oxygen atoms in total. The van der Waals surface area contributed by atoms with Crippen molar-refractivity contribution in [3.05, 3.63) is 84.9 Å². The number of rotatable bonds is 8. The molecule has 3 rings (SSSR count). The zero-order chi connectivity index (χ0) is 19.6. The summed E-state index contributed by atoms with van der Waals surface area (Å²) in [5.74, 6) is 1.57. The van der Waals surface area contributed by atoms with Crippen LogP contribution in [0.3, 0.4) is 0 Å². The molecule has 28 heavy (non-hydrogen) atoms. The van der Waals surface area contributed by atoms with Crippen LogP contribution in [0.4, 0.5) is 11.4 Å². The van der Waals surface area contributed by atoms with E-state index in [-0.39, 0.29) is 23.3 Å². The Morgan fingerprint density at radius 3 is 1.68 bits per heavy atom. The van der Waals surface area contributed by atoms with Gasteiger partial charge in [0, 0.05) is 11.4 Å². The van der Waals surface area contributed by atoms with E-state index in [0.29, 0.717) is 11.4 Å². The third-order valence-corrected chi connectivity index (χ3v) is 4.57. The van der Waals surface area contributed by atoms with Crippen LogP contribution < -0.4 is 15.4 Å². The van der Waals surface area contributed by atoms with Crippen LogP contribution in [0.2, 0.25) is 0 Å². The molecule has 0 fully saturated rings. The predicted octanol–water partition coefficient (Wildman–Crippen LogP) is 4.79. The minimum Gasteiger partial charge on any atom is -0.457 e. The summed E-state index contributed by atoms with van der Waals surface area (Å²) >= 11 is 1.26. The van der Waals surface area contributed by atoms with Crippen LogP contribution in [0.5, 0.6) is 11.5 Å². The second-order valence-corrected chi connectivity index (χ2v) is 6.88. The Balaban J connectivity index is 1.39. The number of thioether (sulfide) groups is 1. The third kappa shape index (κ3) is 6.48. The Hall–Kier alpha value is -3.25. The maximum Gasteiger partial charge on any atom is 0.234 e. The van der Waals surface area contributed by atoms with E-state index >= 15 is 0 Å². The van der Waals surface area contributed by atoms with Crippen molar-refractivity contribution in [3.63, 3.8) is 0 Å². The maximum atomic E-state index is 12.0. The summed E-state index contributed by atoms with van der Waals surface area (Å²) in [6, 6.07) is 25.9. The number of benzene rings is 3. The molecule has 0 saturated heterocycles. The van der Waals surface area contributed by atoms with E-state index in [2.05, 4.69) is 10.6 Å². The summed E-state index contributed by atoms with van der Waals surface area (Å²) in [7, 11) is 0. The van der Waals surface area contributed by atoms with E-state index in [1.54, 1.807) is 24.3 Å². The van der Waals surface area contributed by atoms with Crippen LogP contribution in [0.25, 0.3) is 0 Å². The fraction of sp³-hybridized carbons (Fsp3) is 0.0909. The van der Waals surface area contributed by atoms with Gasteiger partial charge in [-0.2, -0.15) is 0 Å². The van der Waals surface area contributed by atoms with Crippen LogP contribution in [0, 0.1) is 0 Å². The molecule has 0 saturated carbocycles. The molecule has 0 aliphatic carbocycles. The molecule has 0 aromatic heterocycles. The monoisotopic (exact) mass is 392 g/mol. The lowest BCUT2D eigenvalue weighted by Gasteiger charge is -2.08. The first-order valence-corrected chi connectivity index (χ1v) is 9.90. The SMILES string of the molecule is O=C(CSCC(=O)Nc1ccc(Oc2ccccc2)cc1)Nc1ccccc1. The van der Waals surface area contributed by atoms with Crippen molar-refractivity contribution in [2.75, 3.05) is 22.1 Å². The summed E-state index contributed by atoms with van der Waals surface area (Å²) in [5, 5.41) is 5.60. The Morgan fingerprint density at radius 1 is 0.643 bits per heavy atom. The quantitative estimate of drug-likeness (QED) is 0.578. The number of carbonyl (C=O) groups excluding carboxylic acids is 2. The van der Waals surface area contributed by atoms with Crippen LogP contribution in [0.15, 0.2) is 84.9 Å². The normalized spacial score (nSPS) is 10.1. The number of para-hydroxylation sites is 2. The molecule has 0 radical (unpaired) electrons. The molecule has 3 aromatic carbocycles. The van der Waals surface area contributed by atoms with Gasteiger partial charge in [-0.15, -0.1) is 11.8 Å². The number of anilines is 2. The van der Waals surface area contributed by atoms with Gasteiger partial charge in [0.2, 0.25) is 11.8 Å². The van der Waals surface area contributed by atoms with E-state index in [9.17, 15) is 9.59 Å². The van der Waals surface area contributed by atoms with Crippen molar-refractivity contribution in [2.45, 2.75) is 0 Å². The zero-order valence-corrected chi connectivity index (χ0v) is 15.9. The number of amides is 2. The van der Waals surface area contributed by atoms with Gasteiger partial charge in [-0.05, 0) is 48.5 Å². The predicted molar refractivity (Wildman–Crippen MR) is 114 cm³/mol. The van der Waals surface area contributed by atoms with Crippen LogP contribution in [-0.4, -0.2) is 23.3 Å². The molecule has 0 bridgehead atoms. The fourth-order valence-corrected chi connectivity index (χ4v) is 3.00.